The quantitative estimate of drug-likeness (QED) is 0.403. The van der Waals surface area contributed by atoms with Gasteiger partial charge in [0.05, 0.1) is 17.3 Å². The van der Waals surface area contributed by atoms with Gasteiger partial charge in [-0.2, -0.15) is 4.98 Å². The fraction of sp³-hybridized carbons (Fsp3) is 0.154. The van der Waals surface area contributed by atoms with Crippen LogP contribution in [0.4, 0.5) is 5.69 Å². The highest BCUT2D eigenvalue weighted by atomic mass is 16.5. The van der Waals surface area contributed by atoms with Crippen molar-refractivity contribution in [1.82, 2.24) is 15.5 Å². The van der Waals surface area contributed by atoms with Crippen LogP contribution in [0, 0.1) is 6.92 Å². The second-order valence-electron chi connectivity index (χ2n) is 7.65. The van der Waals surface area contributed by atoms with E-state index in [1.807, 2.05) is 43.3 Å². The highest BCUT2D eigenvalue weighted by molar-refractivity contribution is 6.04. The van der Waals surface area contributed by atoms with Gasteiger partial charge < -0.3 is 19.9 Å². The smallest absolute Gasteiger partial charge is 0.262 e. The third kappa shape index (κ3) is 5.66. The van der Waals surface area contributed by atoms with Crippen molar-refractivity contribution in [3.05, 3.63) is 95.9 Å². The Hall–Kier alpha value is -4.46. The van der Waals surface area contributed by atoms with Crippen molar-refractivity contribution in [2.75, 3.05) is 11.9 Å². The number of aryl methyl sites for hydroxylation is 1. The molecule has 8 nitrogen and oxygen atoms in total. The molecule has 2 amide bonds. The molecule has 3 aromatic carbocycles. The van der Waals surface area contributed by atoms with Gasteiger partial charge in [-0.1, -0.05) is 59.8 Å². The zero-order valence-electron chi connectivity index (χ0n) is 18.8. The maximum absolute atomic E-state index is 12.9. The van der Waals surface area contributed by atoms with Gasteiger partial charge in [-0.05, 0) is 36.8 Å². The van der Waals surface area contributed by atoms with Crippen LogP contribution in [-0.4, -0.2) is 28.6 Å². The number of carbonyl (C=O) groups excluding carboxylic acids is 2. The molecule has 0 saturated carbocycles. The first-order valence-corrected chi connectivity index (χ1v) is 10.8. The number of amides is 2. The SMILES string of the molecule is Cc1nc(-c2cccc(OCC(=O)Nc3ccccc3C(=O)NC(C)c3ccccc3)c2)no1. The number of carbonyl (C=O) groups is 2. The second-order valence-corrected chi connectivity index (χ2v) is 7.65. The van der Waals surface area contributed by atoms with Crippen molar-refractivity contribution in [3.63, 3.8) is 0 Å². The lowest BCUT2D eigenvalue weighted by Crippen LogP contribution is -2.28. The van der Waals surface area contributed by atoms with E-state index in [2.05, 4.69) is 20.8 Å². The molecule has 0 fully saturated rings. The van der Waals surface area contributed by atoms with Crippen LogP contribution in [0.5, 0.6) is 5.75 Å². The van der Waals surface area contributed by atoms with Gasteiger partial charge in [0.25, 0.3) is 11.8 Å². The van der Waals surface area contributed by atoms with Gasteiger partial charge in [0.1, 0.15) is 5.75 Å². The van der Waals surface area contributed by atoms with Gasteiger partial charge in [0.15, 0.2) is 6.61 Å². The largest absolute Gasteiger partial charge is 0.484 e. The molecule has 34 heavy (non-hydrogen) atoms. The van der Waals surface area contributed by atoms with Crippen molar-refractivity contribution in [2.45, 2.75) is 19.9 Å². The van der Waals surface area contributed by atoms with E-state index in [4.69, 9.17) is 9.26 Å². The molecule has 4 rings (SSSR count). The van der Waals surface area contributed by atoms with E-state index in [1.165, 1.54) is 0 Å². The lowest BCUT2D eigenvalue weighted by atomic mass is 10.1. The number of rotatable bonds is 8. The van der Waals surface area contributed by atoms with Crippen molar-refractivity contribution >= 4 is 17.5 Å². The fourth-order valence-electron chi connectivity index (χ4n) is 3.37. The summed E-state index contributed by atoms with van der Waals surface area (Å²) >= 11 is 0. The molecule has 0 aliphatic carbocycles. The summed E-state index contributed by atoms with van der Waals surface area (Å²) in [7, 11) is 0. The average Bonchev–Trinajstić information content (AvgIpc) is 3.30. The molecule has 0 saturated heterocycles. The minimum Gasteiger partial charge on any atom is -0.484 e. The van der Waals surface area contributed by atoms with Crippen LogP contribution < -0.4 is 15.4 Å². The fourth-order valence-corrected chi connectivity index (χ4v) is 3.37. The summed E-state index contributed by atoms with van der Waals surface area (Å²) in [6.45, 7) is 3.39. The maximum atomic E-state index is 12.9. The third-order valence-corrected chi connectivity index (χ3v) is 5.08. The van der Waals surface area contributed by atoms with Gasteiger partial charge in [-0.15, -0.1) is 0 Å². The molecule has 1 unspecified atom stereocenters. The van der Waals surface area contributed by atoms with Crippen LogP contribution in [-0.2, 0) is 4.79 Å². The maximum Gasteiger partial charge on any atom is 0.262 e. The number of ether oxygens (including phenoxy) is 1. The standard InChI is InChI=1S/C26H24N4O4/c1-17(19-9-4-3-5-10-19)27-26(32)22-13-6-7-14-23(22)29-24(31)16-33-21-12-8-11-20(15-21)25-28-18(2)34-30-25/h3-15,17H,16H2,1-2H3,(H,27,32)(H,29,31). The van der Waals surface area contributed by atoms with Crippen molar-refractivity contribution in [2.24, 2.45) is 0 Å². The average molecular weight is 457 g/mol. The van der Waals surface area contributed by atoms with E-state index in [9.17, 15) is 9.59 Å². The number of benzene rings is 3. The Morgan fingerprint density at radius 3 is 2.53 bits per heavy atom. The molecular weight excluding hydrogens is 432 g/mol. The molecular formula is C26H24N4O4. The Bertz CT molecular complexity index is 1290. The molecule has 0 aliphatic heterocycles. The molecule has 4 aromatic rings. The molecule has 0 bridgehead atoms. The summed E-state index contributed by atoms with van der Waals surface area (Å²) in [5.74, 6) is 0.713. The Morgan fingerprint density at radius 1 is 1.00 bits per heavy atom. The summed E-state index contributed by atoms with van der Waals surface area (Å²) in [4.78, 5) is 29.6. The lowest BCUT2D eigenvalue weighted by Gasteiger charge is -2.16. The van der Waals surface area contributed by atoms with E-state index in [1.54, 1.807) is 49.4 Å². The van der Waals surface area contributed by atoms with Gasteiger partial charge in [-0.3, -0.25) is 9.59 Å². The highest BCUT2D eigenvalue weighted by Gasteiger charge is 2.16. The molecule has 1 atom stereocenters. The van der Waals surface area contributed by atoms with Gasteiger partial charge in [0, 0.05) is 12.5 Å². The van der Waals surface area contributed by atoms with Crippen LogP contribution in [0.1, 0.15) is 34.8 Å². The molecule has 0 radical (unpaired) electrons. The summed E-state index contributed by atoms with van der Waals surface area (Å²) < 4.78 is 10.6. The Labute approximate surface area is 197 Å². The first-order chi connectivity index (χ1) is 16.5. The highest BCUT2D eigenvalue weighted by Crippen LogP contribution is 2.22. The number of nitrogens with zero attached hydrogens (tertiary/aromatic N) is 2. The summed E-state index contributed by atoms with van der Waals surface area (Å²) in [5, 5.41) is 9.61. The molecule has 0 aliphatic rings. The number of hydrogen-bond acceptors (Lipinski definition) is 6. The normalized spacial score (nSPS) is 11.5. The van der Waals surface area contributed by atoms with Gasteiger partial charge in [-0.25, -0.2) is 0 Å². The van der Waals surface area contributed by atoms with Crippen LogP contribution in [0.15, 0.2) is 83.4 Å². The molecule has 0 spiro atoms. The number of para-hydroxylation sites is 1. The number of hydrogen-bond donors (Lipinski definition) is 2. The minimum absolute atomic E-state index is 0.184. The van der Waals surface area contributed by atoms with Gasteiger partial charge >= 0.3 is 0 Å². The second kappa shape index (κ2) is 10.4. The van der Waals surface area contributed by atoms with Crippen molar-refractivity contribution < 1.29 is 18.8 Å². The van der Waals surface area contributed by atoms with Crippen LogP contribution in [0.2, 0.25) is 0 Å². The molecule has 1 aromatic heterocycles. The topological polar surface area (TPSA) is 106 Å². The Morgan fingerprint density at radius 2 is 1.76 bits per heavy atom. The number of aromatic nitrogens is 2. The van der Waals surface area contributed by atoms with E-state index in [0.29, 0.717) is 34.3 Å². The Kier molecular flexibility index (Phi) is 6.98. The number of nitrogens with one attached hydrogen (secondary N) is 2. The van der Waals surface area contributed by atoms with E-state index in [0.717, 1.165) is 5.56 Å². The summed E-state index contributed by atoms with van der Waals surface area (Å²) in [5.41, 5.74) is 2.48. The van der Waals surface area contributed by atoms with E-state index in [-0.39, 0.29) is 18.6 Å². The van der Waals surface area contributed by atoms with Crippen LogP contribution >= 0.6 is 0 Å². The minimum atomic E-state index is -0.392. The first kappa shape index (κ1) is 22.7. The predicted molar refractivity (Wildman–Crippen MR) is 127 cm³/mol. The van der Waals surface area contributed by atoms with E-state index < -0.39 is 5.91 Å². The zero-order valence-corrected chi connectivity index (χ0v) is 18.8. The zero-order chi connectivity index (χ0) is 23.9. The molecule has 1 heterocycles. The molecule has 172 valence electrons. The Balaban J connectivity index is 1.38. The lowest BCUT2D eigenvalue weighted by molar-refractivity contribution is -0.118. The van der Waals surface area contributed by atoms with Crippen molar-refractivity contribution in [3.8, 4) is 17.1 Å². The van der Waals surface area contributed by atoms with Crippen molar-refractivity contribution in [1.29, 1.82) is 0 Å². The summed E-state index contributed by atoms with van der Waals surface area (Å²) in [6.07, 6.45) is 0. The first-order valence-electron chi connectivity index (χ1n) is 10.8. The van der Waals surface area contributed by atoms with Crippen LogP contribution in [0.25, 0.3) is 11.4 Å². The van der Waals surface area contributed by atoms with Crippen LogP contribution in [0.3, 0.4) is 0 Å². The third-order valence-electron chi connectivity index (χ3n) is 5.08. The van der Waals surface area contributed by atoms with Gasteiger partial charge in [0.2, 0.25) is 11.7 Å². The monoisotopic (exact) mass is 456 g/mol. The molecule has 2 N–H and O–H groups in total. The van der Waals surface area contributed by atoms with E-state index >= 15 is 0 Å². The molecule has 8 heteroatoms. The summed E-state index contributed by atoms with van der Waals surface area (Å²) in [6, 6.07) is 23.4. The predicted octanol–water partition coefficient (Wildman–Crippen LogP) is 4.55. The number of anilines is 1.